The van der Waals surface area contributed by atoms with Gasteiger partial charge in [0.2, 0.25) is 0 Å². The summed E-state index contributed by atoms with van der Waals surface area (Å²) >= 11 is 0. The van der Waals surface area contributed by atoms with Gasteiger partial charge in [-0.1, -0.05) is 45.0 Å². The number of hydrogen-bond acceptors (Lipinski definition) is 0. The van der Waals surface area contributed by atoms with Gasteiger partial charge >= 0.3 is 0 Å². The van der Waals surface area contributed by atoms with Crippen LogP contribution in [0, 0.1) is 5.92 Å². The third kappa shape index (κ3) is 2.00. The first kappa shape index (κ1) is 9.76. The van der Waals surface area contributed by atoms with Crippen molar-refractivity contribution in [3.8, 4) is 0 Å². The van der Waals surface area contributed by atoms with Crippen LogP contribution in [0.25, 0.3) is 0 Å². The van der Waals surface area contributed by atoms with Crippen LogP contribution in [0.4, 0.5) is 0 Å². The van der Waals surface area contributed by atoms with Gasteiger partial charge in [-0.05, 0) is 41.7 Å². The van der Waals surface area contributed by atoms with Crippen LogP contribution >= 0.6 is 0 Å². The monoisotopic (exact) mass is 188 g/mol. The summed E-state index contributed by atoms with van der Waals surface area (Å²) in [4.78, 5) is 0. The fraction of sp³-hybridized carbons (Fsp3) is 0.571. The first-order valence-corrected chi connectivity index (χ1v) is 5.78. The van der Waals surface area contributed by atoms with Crippen LogP contribution in [-0.2, 0) is 0 Å². The van der Waals surface area contributed by atoms with Crippen molar-refractivity contribution < 1.29 is 0 Å². The molecule has 1 aliphatic carbocycles. The maximum Gasteiger partial charge on any atom is -0.0162 e. The average molecular weight is 188 g/mol. The van der Waals surface area contributed by atoms with E-state index in [4.69, 9.17) is 0 Å². The van der Waals surface area contributed by atoms with Crippen molar-refractivity contribution in [1.82, 2.24) is 0 Å². The van der Waals surface area contributed by atoms with Crippen LogP contribution in [-0.4, -0.2) is 0 Å². The minimum absolute atomic E-state index is 0.654. The Bertz CT molecular complexity index is 308. The molecule has 0 heteroatoms. The maximum absolute atomic E-state index is 2.40. The van der Waals surface area contributed by atoms with E-state index in [2.05, 4.69) is 45.0 Å². The molecule has 0 amide bonds. The van der Waals surface area contributed by atoms with Gasteiger partial charge in [0.1, 0.15) is 0 Å². The molecule has 0 radical (unpaired) electrons. The molecule has 1 aliphatic rings. The Morgan fingerprint density at radius 1 is 1.07 bits per heavy atom. The van der Waals surface area contributed by atoms with Gasteiger partial charge in [0, 0.05) is 0 Å². The van der Waals surface area contributed by atoms with Crippen molar-refractivity contribution in [3.05, 3.63) is 35.4 Å². The van der Waals surface area contributed by atoms with E-state index in [0.717, 1.165) is 11.8 Å². The lowest BCUT2D eigenvalue weighted by molar-refractivity contribution is 0.662. The van der Waals surface area contributed by atoms with Gasteiger partial charge in [0.15, 0.2) is 0 Å². The Kier molecular flexibility index (Phi) is 2.62. The summed E-state index contributed by atoms with van der Waals surface area (Å²) in [5.41, 5.74) is 3.02. The minimum Gasteiger partial charge on any atom is -0.0617 e. The first-order chi connectivity index (χ1) is 6.68. The van der Waals surface area contributed by atoms with Crippen molar-refractivity contribution in [3.63, 3.8) is 0 Å². The summed E-state index contributed by atoms with van der Waals surface area (Å²) in [7, 11) is 0. The molecule has 0 saturated heterocycles. The third-order valence-corrected chi connectivity index (χ3v) is 3.43. The lowest BCUT2D eigenvalue weighted by Gasteiger charge is -2.13. The second-order valence-corrected chi connectivity index (χ2v) is 4.95. The summed E-state index contributed by atoms with van der Waals surface area (Å²) in [5.74, 6) is 2.40. The average Bonchev–Trinajstić information content (AvgIpc) is 3.00. The molecule has 0 nitrogen and oxygen atoms in total. The van der Waals surface area contributed by atoms with E-state index in [-0.39, 0.29) is 0 Å². The number of hydrogen-bond donors (Lipinski definition) is 0. The van der Waals surface area contributed by atoms with E-state index < -0.39 is 0 Å². The Balaban J connectivity index is 2.20. The van der Waals surface area contributed by atoms with Crippen molar-refractivity contribution in [1.29, 1.82) is 0 Å². The van der Waals surface area contributed by atoms with Crippen molar-refractivity contribution >= 4 is 0 Å². The Morgan fingerprint density at radius 2 is 1.71 bits per heavy atom. The van der Waals surface area contributed by atoms with E-state index in [1.807, 2.05) is 0 Å². The largest absolute Gasteiger partial charge is 0.0617 e. The molecule has 0 aliphatic heterocycles. The summed E-state index contributed by atoms with van der Waals surface area (Å²) < 4.78 is 0. The third-order valence-electron chi connectivity index (χ3n) is 3.43. The topological polar surface area (TPSA) is 0 Å². The fourth-order valence-corrected chi connectivity index (χ4v) is 2.07. The van der Waals surface area contributed by atoms with Gasteiger partial charge in [0.25, 0.3) is 0 Å². The Labute approximate surface area is 87.3 Å². The fourth-order valence-electron chi connectivity index (χ4n) is 2.07. The molecule has 1 atom stereocenters. The van der Waals surface area contributed by atoms with E-state index in [0.29, 0.717) is 5.92 Å². The molecule has 0 heterocycles. The standard InChI is InChI=1S/C14H20/c1-10(2)13-5-4-6-14(9-13)11(3)12-7-8-12/h4-6,9-12H,7-8H2,1-3H3/t11-/m0/s1. The van der Waals surface area contributed by atoms with Crippen molar-refractivity contribution in [2.75, 3.05) is 0 Å². The second kappa shape index (κ2) is 3.76. The lowest BCUT2D eigenvalue weighted by Crippen LogP contribution is -1.97. The number of benzene rings is 1. The molecule has 0 unspecified atom stereocenters. The van der Waals surface area contributed by atoms with Gasteiger partial charge in [0.05, 0.1) is 0 Å². The van der Waals surface area contributed by atoms with Crippen LogP contribution in [0.15, 0.2) is 24.3 Å². The quantitative estimate of drug-likeness (QED) is 0.662. The first-order valence-electron chi connectivity index (χ1n) is 5.78. The summed E-state index contributed by atoms with van der Waals surface area (Å²) in [6.07, 6.45) is 2.88. The van der Waals surface area contributed by atoms with Crippen LogP contribution in [0.2, 0.25) is 0 Å². The molecule has 14 heavy (non-hydrogen) atoms. The molecular formula is C14H20. The molecule has 0 N–H and O–H groups in total. The normalized spacial score (nSPS) is 18.6. The van der Waals surface area contributed by atoms with Crippen LogP contribution < -0.4 is 0 Å². The Hall–Kier alpha value is -0.780. The summed E-state index contributed by atoms with van der Waals surface area (Å²) in [6, 6.07) is 9.14. The van der Waals surface area contributed by atoms with Gasteiger partial charge in [-0.15, -0.1) is 0 Å². The van der Waals surface area contributed by atoms with Crippen LogP contribution in [0.5, 0.6) is 0 Å². The molecule has 0 bridgehead atoms. The van der Waals surface area contributed by atoms with Crippen molar-refractivity contribution in [2.45, 2.75) is 45.4 Å². The molecule has 1 fully saturated rings. The summed E-state index contributed by atoms with van der Waals surface area (Å²) in [5, 5.41) is 0. The predicted molar refractivity (Wildman–Crippen MR) is 61.7 cm³/mol. The van der Waals surface area contributed by atoms with Gasteiger partial charge in [-0.25, -0.2) is 0 Å². The SMILES string of the molecule is CC(C)c1cccc([C@@H](C)C2CC2)c1. The molecule has 2 rings (SSSR count). The number of rotatable bonds is 3. The molecule has 0 spiro atoms. The highest BCUT2D eigenvalue weighted by atomic mass is 14.3. The van der Waals surface area contributed by atoms with Crippen LogP contribution in [0.3, 0.4) is 0 Å². The molecule has 1 saturated carbocycles. The highest BCUT2D eigenvalue weighted by molar-refractivity contribution is 5.29. The molecule has 1 aromatic carbocycles. The van der Waals surface area contributed by atoms with Crippen LogP contribution in [0.1, 0.15) is 56.6 Å². The van der Waals surface area contributed by atoms with E-state index in [9.17, 15) is 0 Å². The lowest BCUT2D eigenvalue weighted by atomic mass is 9.92. The van der Waals surface area contributed by atoms with E-state index in [1.165, 1.54) is 18.4 Å². The zero-order valence-electron chi connectivity index (χ0n) is 9.46. The van der Waals surface area contributed by atoms with E-state index >= 15 is 0 Å². The zero-order chi connectivity index (χ0) is 10.1. The van der Waals surface area contributed by atoms with Crippen molar-refractivity contribution in [2.24, 2.45) is 5.92 Å². The molecule has 1 aromatic rings. The Morgan fingerprint density at radius 3 is 2.29 bits per heavy atom. The second-order valence-electron chi connectivity index (χ2n) is 4.95. The smallest absolute Gasteiger partial charge is 0.0162 e. The van der Waals surface area contributed by atoms with Gasteiger partial charge < -0.3 is 0 Å². The highest BCUT2D eigenvalue weighted by Crippen LogP contribution is 2.42. The molecular weight excluding hydrogens is 168 g/mol. The molecule has 76 valence electrons. The molecule has 0 aromatic heterocycles. The highest BCUT2D eigenvalue weighted by Gasteiger charge is 2.28. The van der Waals surface area contributed by atoms with Gasteiger partial charge in [-0.3, -0.25) is 0 Å². The summed E-state index contributed by atoms with van der Waals surface area (Å²) in [6.45, 7) is 6.90. The zero-order valence-corrected chi connectivity index (χ0v) is 9.46. The predicted octanol–water partition coefficient (Wildman–Crippen LogP) is 4.32. The van der Waals surface area contributed by atoms with Gasteiger partial charge in [-0.2, -0.15) is 0 Å². The van der Waals surface area contributed by atoms with E-state index in [1.54, 1.807) is 5.56 Å². The minimum atomic E-state index is 0.654. The maximum atomic E-state index is 2.40.